The van der Waals surface area contributed by atoms with Gasteiger partial charge in [0.2, 0.25) is 0 Å². The number of aromatic hydroxyl groups is 1. The van der Waals surface area contributed by atoms with Gasteiger partial charge in [-0.3, -0.25) is 4.57 Å². The molecular formula is C32H21N3O. The Morgan fingerprint density at radius 2 is 1.39 bits per heavy atom. The largest absolute Gasteiger partial charge is 0.507 e. The Morgan fingerprint density at radius 1 is 0.611 bits per heavy atom. The fraction of sp³-hybridized carbons (Fsp3) is 0. The predicted molar refractivity (Wildman–Crippen MR) is 146 cm³/mol. The van der Waals surface area contributed by atoms with Gasteiger partial charge in [0.1, 0.15) is 11.4 Å². The second-order valence-electron chi connectivity index (χ2n) is 8.87. The van der Waals surface area contributed by atoms with Crippen LogP contribution in [0.25, 0.3) is 60.9 Å². The fourth-order valence-corrected chi connectivity index (χ4v) is 5.07. The van der Waals surface area contributed by atoms with Crippen LogP contribution in [0, 0.1) is 0 Å². The van der Waals surface area contributed by atoms with E-state index >= 15 is 0 Å². The Morgan fingerprint density at radius 3 is 2.33 bits per heavy atom. The number of para-hydroxylation sites is 1. The number of nitrogens with zero attached hydrogens (tertiary/aromatic N) is 3. The normalized spacial score (nSPS) is 11.4. The Hall–Kier alpha value is -4.96. The minimum Gasteiger partial charge on any atom is -0.507 e. The zero-order valence-electron chi connectivity index (χ0n) is 19.3. The average Bonchev–Trinajstić information content (AvgIpc) is 3.28. The Bertz CT molecular complexity index is 1870. The first-order valence-electron chi connectivity index (χ1n) is 11.9. The van der Waals surface area contributed by atoms with Crippen LogP contribution in [0.15, 0.2) is 121 Å². The first kappa shape index (κ1) is 20.4. The van der Waals surface area contributed by atoms with E-state index in [9.17, 15) is 5.11 Å². The third-order valence-corrected chi connectivity index (χ3v) is 6.76. The van der Waals surface area contributed by atoms with Crippen LogP contribution in [0.2, 0.25) is 0 Å². The highest BCUT2D eigenvalue weighted by Crippen LogP contribution is 2.36. The van der Waals surface area contributed by atoms with Crippen molar-refractivity contribution in [3.05, 3.63) is 121 Å². The first-order valence-corrected chi connectivity index (χ1v) is 11.9. The molecule has 3 aromatic heterocycles. The van der Waals surface area contributed by atoms with E-state index in [0.717, 1.165) is 55.5 Å². The maximum Gasteiger partial charge on any atom is 0.145 e. The van der Waals surface area contributed by atoms with Crippen molar-refractivity contribution >= 4 is 32.7 Å². The molecule has 0 fully saturated rings. The molecule has 0 aliphatic heterocycles. The van der Waals surface area contributed by atoms with Gasteiger partial charge in [0.15, 0.2) is 0 Å². The van der Waals surface area contributed by atoms with Crippen LogP contribution in [-0.4, -0.2) is 19.6 Å². The van der Waals surface area contributed by atoms with Crippen molar-refractivity contribution in [1.29, 1.82) is 0 Å². The first-order chi connectivity index (χ1) is 17.8. The molecule has 36 heavy (non-hydrogen) atoms. The van der Waals surface area contributed by atoms with Crippen molar-refractivity contribution in [3.63, 3.8) is 0 Å². The molecule has 0 atom stereocenters. The number of aromatic nitrogens is 3. The van der Waals surface area contributed by atoms with E-state index in [1.54, 1.807) is 0 Å². The van der Waals surface area contributed by atoms with E-state index in [-0.39, 0.29) is 5.75 Å². The van der Waals surface area contributed by atoms with Gasteiger partial charge in [0.25, 0.3) is 0 Å². The van der Waals surface area contributed by atoms with Crippen molar-refractivity contribution in [3.8, 4) is 34.0 Å². The molecule has 0 bridgehead atoms. The quantitative estimate of drug-likeness (QED) is 0.291. The predicted octanol–water partition coefficient (Wildman–Crippen LogP) is 7.77. The van der Waals surface area contributed by atoms with Gasteiger partial charge in [-0.25, -0.2) is 9.97 Å². The number of phenols is 1. The summed E-state index contributed by atoms with van der Waals surface area (Å²) in [5.41, 5.74) is 6.37. The van der Waals surface area contributed by atoms with Crippen LogP contribution in [0.3, 0.4) is 0 Å². The van der Waals surface area contributed by atoms with E-state index in [2.05, 4.69) is 59.2 Å². The van der Waals surface area contributed by atoms with Crippen molar-refractivity contribution in [2.24, 2.45) is 0 Å². The van der Waals surface area contributed by atoms with Gasteiger partial charge in [0, 0.05) is 39.2 Å². The second kappa shape index (κ2) is 8.07. The van der Waals surface area contributed by atoms with Gasteiger partial charge < -0.3 is 5.11 Å². The van der Waals surface area contributed by atoms with Gasteiger partial charge in [0.05, 0.1) is 16.9 Å². The minimum absolute atomic E-state index is 0.253. The molecule has 0 radical (unpaired) electrons. The van der Waals surface area contributed by atoms with Crippen molar-refractivity contribution < 1.29 is 5.11 Å². The van der Waals surface area contributed by atoms with Crippen LogP contribution < -0.4 is 0 Å². The Balaban J connectivity index is 1.37. The molecule has 0 saturated heterocycles. The monoisotopic (exact) mass is 463 g/mol. The minimum atomic E-state index is 0.253. The van der Waals surface area contributed by atoms with Crippen LogP contribution in [0.1, 0.15) is 0 Å². The number of rotatable bonds is 3. The highest BCUT2D eigenvalue weighted by atomic mass is 16.3. The molecule has 7 aromatic rings. The smallest absolute Gasteiger partial charge is 0.145 e. The van der Waals surface area contributed by atoms with Crippen LogP contribution >= 0.6 is 0 Å². The second-order valence-corrected chi connectivity index (χ2v) is 8.87. The molecule has 4 nitrogen and oxygen atoms in total. The lowest BCUT2D eigenvalue weighted by molar-refractivity contribution is 0.483. The molecule has 1 N–H and O–H groups in total. The molecule has 7 rings (SSSR count). The SMILES string of the molecule is Oc1c(-c2cccc(-c3cccc(-n4c5ccccc5c5cccnc54)c3)n2)ccc2ccccc12. The summed E-state index contributed by atoms with van der Waals surface area (Å²) in [6.45, 7) is 0. The molecule has 0 unspecified atom stereocenters. The Kier molecular flexibility index (Phi) is 4.57. The standard InChI is InChI=1S/C32H21N3O/c36-31-24-11-2-1-8-21(24)17-18-27(31)29-15-6-14-28(34-29)22-9-5-10-23(20-22)35-30-16-4-3-12-25(30)26-13-7-19-33-32(26)35/h1-20,36H. The molecule has 4 heteroatoms. The summed E-state index contributed by atoms with van der Waals surface area (Å²) in [6.07, 6.45) is 1.84. The molecule has 0 aliphatic rings. The maximum absolute atomic E-state index is 11.0. The molecular weight excluding hydrogens is 442 g/mol. The fourth-order valence-electron chi connectivity index (χ4n) is 5.07. The molecule has 0 saturated carbocycles. The van der Waals surface area contributed by atoms with Crippen molar-refractivity contribution in [2.45, 2.75) is 0 Å². The van der Waals surface area contributed by atoms with Gasteiger partial charge in [-0.15, -0.1) is 0 Å². The molecule has 0 spiro atoms. The number of pyridine rings is 2. The molecule has 0 amide bonds. The van der Waals surface area contributed by atoms with Gasteiger partial charge in [-0.2, -0.15) is 0 Å². The van der Waals surface area contributed by atoms with Gasteiger partial charge in [-0.05, 0) is 53.9 Å². The van der Waals surface area contributed by atoms with Crippen LogP contribution in [0.4, 0.5) is 0 Å². The third kappa shape index (κ3) is 3.16. The molecule has 0 aliphatic carbocycles. The maximum atomic E-state index is 11.0. The summed E-state index contributed by atoms with van der Waals surface area (Å²) in [4.78, 5) is 9.65. The summed E-state index contributed by atoms with van der Waals surface area (Å²) in [5, 5.41) is 15.1. The third-order valence-electron chi connectivity index (χ3n) is 6.76. The number of benzene rings is 4. The number of hydrogen-bond acceptors (Lipinski definition) is 3. The van der Waals surface area contributed by atoms with Gasteiger partial charge >= 0.3 is 0 Å². The summed E-state index contributed by atoms with van der Waals surface area (Å²) in [5.74, 6) is 0.253. The van der Waals surface area contributed by atoms with Crippen LogP contribution in [0.5, 0.6) is 5.75 Å². The topological polar surface area (TPSA) is 50.9 Å². The molecule has 170 valence electrons. The van der Waals surface area contributed by atoms with Crippen LogP contribution in [-0.2, 0) is 0 Å². The van der Waals surface area contributed by atoms with E-state index in [1.807, 2.05) is 66.9 Å². The summed E-state index contributed by atoms with van der Waals surface area (Å²) in [6, 6.07) is 38.6. The lowest BCUT2D eigenvalue weighted by Crippen LogP contribution is -1.96. The summed E-state index contributed by atoms with van der Waals surface area (Å²) >= 11 is 0. The lowest BCUT2D eigenvalue weighted by Gasteiger charge is -2.11. The summed E-state index contributed by atoms with van der Waals surface area (Å²) in [7, 11) is 0. The number of fused-ring (bicyclic) bond motifs is 4. The molecule has 4 aromatic carbocycles. The van der Waals surface area contributed by atoms with E-state index < -0.39 is 0 Å². The van der Waals surface area contributed by atoms with Gasteiger partial charge in [-0.1, -0.05) is 66.7 Å². The molecule has 3 heterocycles. The number of phenolic OH excluding ortho intramolecular Hbond substituents is 1. The van der Waals surface area contributed by atoms with Crippen molar-refractivity contribution in [2.75, 3.05) is 0 Å². The average molecular weight is 464 g/mol. The van der Waals surface area contributed by atoms with E-state index in [0.29, 0.717) is 0 Å². The zero-order valence-corrected chi connectivity index (χ0v) is 19.3. The highest BCUT2D eigenvalue weighted by molar-refractivity contribution is 6.07. The highest BCUT2D eigenvalue weighted by Gasteiger charge is 2.14. The summed E-state index contributed by atoms with van der Waals surface area (Å²) < 4.78 is 2.20. The zero-order chi connectivity index (χ0) is 24.1. The van der Waals surface area contributed by atoms with Crippen molar-refractivity contribution in [1.82, 2.24) is 14.5 Å². The number of hydrogen-bond donors (Lipinski definition) is 1. The van der Waals surface area contributed by atoms with E-state index in [1.165, 1.54) is 5.39 Å². The Labute approximate surface area is 207 Å². The van der Waals surface area contributed by atoms with E-state index in [4.69, 9.17) is 9.97 Å². The lowest BCUT2D eigenvalue weighted by atomic mass is 10.0.